The molecule has 0 aromatic heterocycles. The zero-order valence-electron chi connectivity index (χ0n) is 10.5. The highest BCUT2D eigenvalue weighted by atomic mass is 15.2. The molecule has 3 atom stereocenters. The van der Waals surface area contributed by atoms with Gasteiger partial charge in [-0.15, -0.1) is 0 Å². The monoisotopic (exact) mass is 209 g/mol. The van der Waals surface area contributed by atoms with Gasteiger partial charge in [0.05, 0.1) is 0 Å². The first-order chi connectivity index (χ1) is 7.29. The van der Waals surface area contributed by atoms with Crippen LogP contribution in [0.5, 0.6) is 0 Å². The Balaban J connectivity index is 1.94. The van der Waals surface area contributed by atoms with E-state index in [4.69, 9.17) is 0 Å². The Morgan fingerprint density at radius 1 is 0.867 bits per heavy atom. The zero-order valence-corrected chi connectivity index (χ0v) is 10.5. The molecule has 1 nitrogen and oxygen atoms in total. The van der Waals surface area contributed by atoms with Gasteiger partial charge in [0.15, 0.2) is 0 Å². The molecule has 0 radical (unpaired) electrons. The normalized spacial score (nSPS) is 40.0. The van der Waals surface area contributed by atoms with E-state index in [0.29, 0.717) is 0 Å². The maximum atomic E-state index is 2.66. The van der Waals surface area contributed by atoms with Crippen molar-refractivity contribution in [3.8, 4) is 0 Å². The van der Waals surface area contributed by atoms with Crippen LogP contribution in [0.2, 0.25) is 0 Å². The van der Waals surface area contributed by atoms with Crippen LogP contribution < -0.4 is 0 Å². The van der Waals surface area contributed by atoms with Crippen LogP contribution in [0.1, 0.15) is 64.7 Å². The third kappa shape index (κ3) is 2.75. The largest absolute Gasteiger partial charge is 0.300 e. The fourth-order valence-electron chi connectivity index (χ4n) is 3.55. The predicted octanol–water partition coefficient (Wildman–Crippen LogP) is 3.83. The molecule has 2 fully saturated rings. The summed E-state index contributed by atoms with van der Waals surface area (Å²) in [6, 6.07) is 1.75. The molecule has 1 heterocycles. The van der Waals surface area contributed by atoms with Crippen LogP contribution in [0, 0.1) is 5.92 Å². The van der Waals surface area contributed by atoms with Gasteiger partial charge < -0.3 is 4.90 Å². The molecule has 88 valence electrons. The van der Waals surface area contributed by atoms with E-state index in [1.807, 2.05) is 0 Å². The highest BCUT2D eigenvalue weighted by molar-refractivity contribution is 4.89. The molecule has 1 aliphatic heterocycles. The van der Waals surface area contributed by atoms with E-state index in [-0.39, 0.29) is 0 Å². The van der Waals surface area contributed by atoms with E-state index in [1.54, 1.807) is 0 Å². The Bertz CT molecular complexity index is 170. The lowest BCUT2D eigenvalue weighted by Gasteiger charge is -2.24. The van der Waals surface area contributed by atoms with Crippen molar-refractivity contribution in [2.75, 3.05) is 7.05 Å². The molecule has 2 unspecified atom stereocenters. The number of fused-ring (bicyclic) bond motifs is 2. The van der Waals surface area contributed by atoms with Crippen molar-refractivity contribution in [2.24, 2.45) is 5.92 Å². The van der Waals surface area contributed by atoms with Gasteiger partial charge in [0, 0.05) is 12.1 Å². The van der Waals surface area contributed by atoms with Gasteiger partial charge >= 0.3 is 0 Å². The lowest BCUT2D eigenvalue weighted by molar-refractivity contribution is 0.222. The SMILES string of the molecule is C[C@@H]1C2CCCCCCCCC(C2)N1C. The van der Waals surface area contributed by atoms with Crippen molar-refractivity contribution in [2.45, 2.75) is 76.8 Å². The minimum Gasteiger partial charge on any atom is -0.300 e. The molecule has 0 aromatic carbocycles. The Morgan fingerprint density at radius 2 is 1.47 bits per heavy atom. The highest BCUT2D eigenvalue weighted by Crippen LogP contribution is 2.35. The molecule has 2 bridgehead atoms. The van der Waals surface area contributed by atoms with Crippen LogP contribution in [0.3, 0.4) is 0 Å². The van der Waals surface area contributed by atoms with Crippen LogP contribution in [-0.4, -0.2) is 24.0 Å². The fraction of sp³-hybridized carbons (Fsp3) is 1.00. The molecule has 1 saturated carbocycles. The lowest BCUT2D eigenvalue weighted by atomic mass is 9.93. The Morgan fingerprint density at radius 3 is 2.20 bits per heavy atom. The lowest BCUT2D eigenvalue weighted by Crippen LogP contribution is -2.31. The van der Waals surface area contributed by atoms with Gasteiger partial charge in [-0.25, -0.2) is 0 Å². The van der Waals surface area contributed by atoms with Gasteiger partial charge in [-0.2, -0.15) is 0 Å². The van der Waals surface area contributed by atoms with Crippen molar-refractivity contribution >= 4 is 0 Å². The second-order valence-corrected chi connectivity index (χ2v) is 5.75. The smallest absolute Gasteiger partial charge is 0.00983 e. The molecule has 0 aromatic rings. The standard InChI is InChI=1S/C14H27N/c1-12-13-9-7-5-3-4-6-8-10-14(11-13)15(12)2/h12-14H,3-11H2,1-2H3/t12-,13?,14?/m1/s1. The van der Waals surface area contributed by atoms with Gasteiger partial charge in [0.1, 0.15) is 0 Å². The summed E-state index contributed by atoms with van der Waals surface area (Å²) in [5.74, 6) is 0.998. The topological polar surface area (TPSA) is 3.24 Å². The van der Waals surface area contributed by atoms with Crippen molar-refractivity contribution in [1.82, 2.24) is 4.90 Å². The van der Waals surface area contributed by atoms with E-state index in [1.165, 1.54) is 57.8 Å². The molecule has 0 N–H and O–H groups in total. The number of likely N-dealkylation sites (tertiary alicyclic amines) is 1. The van der Waals surface area contributed by atoms with Crippen LogP contribution in [0.4, 0.5) is 0 Å². The molecule has 2 aliphatic rings. The van der Waals surface area contributed by atoms with E-state index in [2.05, 4.69) is 18.9 Å². The molecule has 1 aliphatic carbocycles. The summed E-state index contributed by atoms with van der Waals surface area (Å²) in [5, 5.41) is 0. The van der Waals surface area contributed by atoms with Crippen LogP contribution >= 0.6 is 0 Å². The first-order valence-electron chi connectivity index (χ1n) is 7.01. The summed E-state index contributed by atoms with van der Waals surface area (Å²) < 4.78 is 0. The molecule has 0 spiro atoms. The van der Waals surface area contributed by atoms with Crippen LogP contribution in [0.25, 0.3) is 0 Å². The summed E-state index contributed by atoms with van der Waals surface area (Å²) in [5.41, 5.74) is 0. The molecule has 15 heavy (non-hydrogen) atoms. The minimum atomic E-state index is 0.842. The molecule has 1 heteroatoms. The maximum Gasteiger partial charge on any atom is 0.00983 e. The van der Waals surface area contributed by atoms with Crippen LogP contribution in [0.15, 0.2) is 0 Å². The van der Waals surface area contributed by atoms with Gasteiger partial charge in [-0.3, -0.25) is 0 Å². The van der Waals surface area contributed by atoms with Crippen LogP contribution in [-0.2, 0) is 0 Å². The van der Waals surface area contributed by atoms with Crippen molar-refractivity contribution in [3.63, 3.8) is 0 Å². The number of hydrogen-bond acceptors (Lipinski definition) is 1. The van der Waals surface area contributed by atoms with Gasteiger partial charge in [-0.1, -0.05) is 38.5 Å². The summed E-state index contributed by atoms with van der Waals surface area (Å²) in [4.78, 5) is 2.66. The minimum absolute atomic E-state index is 0.842. The average molecular weight is 209 g/mol. The average Bonchev–Trinajstić information content (AvgIpc) is 2.50. The molecule has 0 amide bonds. The van der Waals surface area contributed by atoms with E-state index < -0.39 is 0 Å². The second kappa shape index (κ2) is 5.34. The van der Waals surface area contributed by atoms with Crippen molar-refractivity contribution in [3.05, 3.63) is 0 Å². The predicted molar refractivity (Wildman–Crippen MR) is 66.1 cm³/mol. The quantitative estimate of drug-likeness (QED) is 0.586. The van der Waals surface area contributed by atoms with Crippen molar-refractivity contribution in [1.29, 1.82) is 0 Å². The molecular formula is C14H27N. The van der Waals surface area contributed by atoms with Gasteiger partial charge in [-0.05, 0) is 39.2 Å². The van der Waals surface area contributed by atoms with Crippen molar-refractivity contribution < 1.29 is 0 Å². The van der Waals surface area contributed by atoms with E-state index in [0.717, 1.165) is 18.0 Å². The summed E-state index contributed by atoms with van der Waals surface area (Å²) in [6.45, 7) is 2.44. The number of nitrogens with zero attached hydrogens (tertiary/aromatic N) is 1. The first kappa shape index (κ1) is 11.4. The second-order valence-electron chi connectivity index (χ2n) is 5.75. The van der Waals surface area contributed by atoms with E-state index in [9.17, 15) is 0 Å². The van der Waals surface area contributed by atoms with Gasteiger partial charge in [0.2, 0.25) is 0 Å². The number of hydrogen-bond donors (Lipinski definition) is 0. The van der Waals surface area contributed by atoms with Gasteiger partial charge in [0.25, 0.3) is 0 Å². The first-order valence-corrected chi connectivity index (χ1v) is 7.01. The fourth-order valence-corrected chi connectivity index (χ4v) is 3.55. The number of rotatable bonds is 0. The third-order valence-corrected chi connectivity index (χ3v) is 4.84. The van der Waals surface area contributed by atoms with E-state index >= 15 is 0 Å². The molecule has 2 rings (SSSR count). The Kier molecular flexibility index (Phi) is 4.07. The summed E-state index contributed by atoms with van der Waals surface area (Å²) in [6.07, 6.45) is 13.3. The zero-order chi connectivity index (χ0) is 10.7. The summed E-state index contributed by atoms with van der Waals surface area (Å²) >= 11 is 0. The molecule has 1 saturated heterocycles. The molecular weight excluding hydrogens is 182 g/mol. The Labute approximate surface area is 95.2 Å². The maximum absolute atomic E-state index is 2.66. The summed E-state index contributed by atoms with van der Waals surface area (Å²) in [7, 11) is 2.35. The highest BCUT2D eigenvalue weighted by Gasteiger charge is 2.34. The third-order valence-electron chi connectivity index (χ3n) is 4.84. The Hall–Kier alpha value is -0.0400.